The number of hydrogen-bond donors (Lipinski definition) is 11. The number of rotatable bonds is 54. The first-order valence-electron chi connectivity index (χ1n) is 41.5. The summed E-state index contributed by atoms with van der Waals surface area (Å²) in [6.07, 6.45) is 11.8. The highest BCUT2D eigenvalue weighted by molar-refractivity contribution is 14.1. The van der Waals surface area contributed by atoms with Crippen molar-refractivity contribution in [3.63, 3.8) is 0 Å². The lowest BCUT2D eigenvalue weighted by molar-refractivity contribution is -0.193. The molecule has 706 valence electrons. The number of amides is 7. The van der Waals surface area contributed by atoms with E-state index in [0.717, 1.165) is 64.2 Å². The molecule has 0 bridgehead atoms. The minimum Gasteiger partial charge on any atom is -0.481 e. The van der Waals surface area contributed by atoms with Gasteiger partial charge in [-0.3, -0.25) is 38.9 Å². The van der Waals surface area contributed by atoms with Gasteiger partial charge in [-0.1, -0.05) is 35.5 Å². The number of aliphatic carboxylic acids is 2. The van der Waals surface area contributed by atoms with Crippen molar-refractivity contribution < 1.29 is 129 Å². The quantitative estimate of drug-likeness (QED) is 0.0151. The van der Waals surface area contributed by atoms with Crippen LogP contribution < -0.4 is 47.9 Å². The van der Waals surface area contributed by atoms with Crippen molar-refractivity contribution in [2.45, 2.75) is 115 Å². The molecule has 11 N–H and O–H groups in total. The molecule has 6 rings (SSSR count). The van der Waals surface area contributed by atoms with E-state index in [0.29, 0.717) is 226 Å². The molecule has 43 nitrogen and oxygen atoms in total. The average Bonchev–Trinajstić information content (AvgIpc) is 1.69. The van der Waals surface area contributed by atoms with Crippen LogP contribution in [0.1, 0.15) is 94.0 Å². The Morgan fingerprint density at radius 1 is 0.469 bits per heavy atom. The molecule has 5 aromatic rings. The highest BCUT2D eigenvalue weighted by Gasteiger charge is 2.22. The minimum absolute atomic E-state index is 0.0315. The van der Waals surface area contributed by atoms with Crippen molar-refractivity contribution in [1.29, 1.82) is 0 Å². The predicted octanol–water partition coefficient (Wildman–Crippen LogP) is 3.08. The Balaban J connectivity index is 0.00000436. The van der Waals surface area contributed by atoms with Crippen LogP contribution in [-0.2, 0) is 136 Å². The number of carbonyl (C=O) groups excluding carboxylic acids is 13. The van der Waals surface area contributed by atoms with Gasteiger partial charge in [-0.05, 0) is 153 Å². The highest BCUT2D eigenvalue weighted by Crippen LogP contribution is 2.21. The van der Waals surface area contributed by atoms with Gasteiger partial charge in [0.2, 0.25) is 17.7 Å². The van der Waals surface area contributed by atoms with Crippen LogP contribution >= 0.6 is 34.8 Å². The number of carboxylic acids is 2. The summed E-state index contributed by atoms with van der Waals surface area (Å²) in [6, 6.07) is 21.7. The fourth-order valence-corrected chi connectivity index (χ4v) is 11.9. The maximum Gasteiger partial charge on any atom is 0.373 e. The normalized spacial score (nSPS) is 13.0. The van der Waals surface area contributed by atoms with Gasteiger partial charge in [0.15, 0.2) is 5.11 Å². The molecule has 128 heavy (non-hydrogen) atoms. The number of aromatic nitrogens is 5. The van der Waals surface area contributed by atoms with Gasteiger partial charge in [-0.15, -0.1) is 5.10 Å². The van der Waals surface area contributed by atoms with Crippen molar-refractivity contribution in [2.75, 3.05) is 202 Å². The molecular formula is C83H119IN16O27S. The molecule has 1 aliphatic rings. The largest absolute Gasteiger partial charge is 0.481 e. The van der Waals surface area contributed by atoms with E-state index in [1.165, 1.54) is 0 Å². The molecule has 2 atom stereocenters. The Labute approximate surface area is 761 Å². The van der Waals surface area contributed by atoms with E-state index in [2.05, 4.69) is 101 Å². The number of benzene rings is 2. The Morgan fingerprint density at radius 2 is 0.961 bits per heavy atom. The number of carboxylic acid groups (broad SMARTS) is 2. The summed E-state index contributed by atoms with van der Waals surface area (Å²) >= 11 is 7.93. The van der Waals surface area contributed by atoms with Crippen molar-refractivity contribution in [3.05, 3.63) is 118 Å². The number of pyridine rings is 2. The van der Waals surface area contributed by atoms with Gasteiger partial charge in [0.1, 0.15) is 17.8 Å². The summed E-state index contributed by atoms with van der Waals surface area (Å²) in [6.45, 7) is 14.7. The molecule has 2 aromatic carbocycles. The molecule has 0 radical (unpaired) electrons. The topological polar surface area (TPSA) is 560 Å². The molecule has 0 saturated carbocycles. The number of anilines is 2. The van der Waals surface area contributed by atoms with Gasteiger partial charge < -0.3 is 105 Å². The van der Waals surface area contributed by atoms with Crippen LogP contribution in [0.25, 0.3) is 11.3 Å². The number of urea groups is 2. The van der Waals surface area contributed by atoms with Gasteiger partial charge in [0.05, 0.1) is 163 Å². The number of ether oxygens (including phenoxy) is 10. The van der Waals surface area contributed by atoms with E-state index in [1.807, 2.05) is 66.9 Å². The molecule has 1 aliphatic heterocycles. The first kappa shape index (κ1) is 113. The number of carbonyl (C=O) groups is 7. The molecule has 45 heteroatoms. The van der Waals surface area contributed by atoms with Crippen LogP contribution in [0.2, 0.25) is 0 Å². The zero-order chi connectivity index (χ0) is 93.3. The summed E-state index contributed by atoms with van der Waals surface area (Å²) in [5.41, 5.74) is 5.46. The lowest BCUT2D eigenvalue weighted by atomic mass is 10.1. The summed E-state index contributed by atoms with van der Waals surface area (Å²) in [4.78, 5) is 165. The molecule has 4 heterocycles. The van der Waals surface area contributed by atoms with Gasteiger partial charge in [-0.2, -0.15) is 38.4 Å². The SMILES string of the molecule is O=C(O)CCCNC(=O)N[C@@H](CCCCNC(=O)Nc1cccc(-c2cn(CCOCCOCCOCCOCCOCCOCCC(=O)N[C@@H](CCCCNC(=S)Nc3ccnc(CN4CCOCCOCCN(Cc5ccccn5)CCOCCOCC4)c3)C(=O)NCCCCCNC(=O)Cc3ccc(I)cc3)nn2)c1)C(=O)O.O=C=O.O=C=O.O=C=O.O=C=O. The van der Waals surface area contributed by atoms with Crippen LogP contribution in [0.5, 0.6) is 0 Å². The van der Waals surface area contributed by atoms with Crippen LogP contribution in [0.4, 0.5) is 21.0 Å². The highest BCUT2D eigenvalue weighted by atomic mass is 127. The molecule has 7 amide bonds. The molecule has 1 fully saturated rings. The lowest BCUT2D eigenvalue weighted by Gasteiger charge is -2.23. The van der Waals surface area contributed by atoms with E-state index < -0.39 is 36.1 Å². The summed E-state index contributed by atoms with van der Waals surface area (Å²) in [7, 11) is 0. The smallest absolute Gasteiger partial charge is 0.373 e. The van der Waals surface area contributed by atoms with Crippen molar-refractivity contribution >= 4 is 118 Å². The van der Waals surface area contributed by atoms with Crippen molar-refractivity contribution in [2.24, 2.45) is 0 Å². The molecule has 3 aromatic heterocycles. The van der Waals surface area contributed by atoms with Gasteiger partial charge in [0, 0.05) is 118 Å². The predicted molar refractivity (Wildman–Crippen MR) is 466 cm³/mol. The lowest BCUT2D eigenvalue weighted by Crippen LogP contribution is -2.47. The van der Waals surface area contributed by atoms with E-state index in [-0.39, 0.29) is 94.3 Å². The Hall–Kier alpha value is -10.8. The summed E-state index contributed by atoms with van der Waals surface area (Å²) in [5.74, 6) is -2.79. The number of thiocarbonyl (C=S) groups is 1. The van der Waals surface area contributed by atoms with E-state index in [9.17, 15) is 38.7 Å². The average molecular weight is 1930 g/mol. The monoisotopic (exact) mass is 1930 g/mol. The maximum atomic E-state index is 13.6. The number of hydrogen-bond acceptors (Lipinski definition) is 32. The van der Waals surface area contributed by atoms with Crippen molar-refractivity contribution in [1.82, 2.24) is 72.0 Å². The third-order valence-corrected chi connectivity index (χ3v) is 18.5. The van der Waals surface area contributed by atoms with E-state index in [1.54, 1.807) is 35.3 Å². The third kappa shape index (κ3) is 63.2. The number of halogens is 1. The second-order valence-corrected chi connectivity index (χ2v) is 28.9. The molecular weight excluding hydrogens is 1810 g/mol. The molecule has 1 saturated heterocycles. The van der Waals surface area contributed by atoms with E-state index >= 15 is 0 Å². The van der Waals surface area contributed by atoms with Crippen LogP contribution in [0.15, 0.2) is 97.5 Å². The van der Waals surface area contributed by atoms with E-state index in [4.69, 9.17) is 103 Å². The Kier molecular flexibility index (Phi) is 69.5. The molecule has 0 aliphatic carbocycles. The minimum atomic E-state index is -1.20. The summed E-state index contributed by atoms with van der Waals surface area (Å²) < 4.78 is 60.5. The second-order valence-electron chi connectivity index (χ2n) is 27.2. The first-order valence-corrected chi connectivity index (χ1v) is 43.0. The third-order valence-electron chi connectivity index (χ3n) is 17.5. The fourth-order valence-electron chi connectivity index (χ4n) is 11.4. The summed E-state index contributed by atoms with van der Waals surface area (Å²) in [5, 5.41) is 52.9. The Bertz CT molecular complexity index is 3930. The Morgan fingerprint density at radius 3 is 1.52 bits per heavy atom. The standard InChI is InChI=1S/C79H119IN16O19S.4CO2/c80-64-20-18-62(19-21-64)56-73(98)83-25-5-1-6-26-84-75(101)69(15-3-9-28-87-79(116)89-66-22-30-82-68(58-66)60-95-33-39-109-45-43-107-37-31-94(59-67-13-2-7-24-81-67)32-38-108-44-46-110-40-34-95)90-72(97)23-36-106-42-48-112-50-52-114-54-55-115-53-51-113-49-47-111-41-35-96-61-71(92-93-96)63-12-10-14-65(57-63)88-77(104)85-27-8-4-16-70(76(102)103)91-78(105)86-29-11-17-74(99)100;4*2-1-3/h2,7,10,12-14,18-22,24,30,57-58,61,69-70H,1,3-6,8-9,11,15-17,23,25-29,31-56,59-60H2,(H,83,98)(H,84,101)(H,90,97)(H,99,100)(H,102,103)(H2,85,88,104)(H2,86,91,105)(H2,82,87,89,116);;;;/t69-,70-;;;;/m0..../s1. The zero-order valence-corrected chi connectivity index (χ0v) is 74.7. The zero-order valence-electron chi connectivity index (χ0n) is 71.7. The number of unbranched alkanes of at least 4 members (excludes halogenated alkanes) is 4. The van der Waals surface area contributed by atoms with Gasteiger partial charge in [0.25, 0.3) is 0 Å². The number of nitrogens with zero attached hydrogens (tertiary/aromatic N) is 7. The first-order chi connectivity index (χ1) is 62.3. The maximum absolute atomic E-state index is 13.6. The van der Waals surface area contributed by atoms with Crippen LogP contribution in [-0.4, -0.2) is 320 Å². The fraction of sp³-hybridized carbons (Fsp3) is 0.566. The van der Waals surface area contributed by atoms with Crippen molar-refractivity contribution in [3.8, 4) is 11.3 Å². The van der Waals surface area contributed by atoms with Gasteiger partial charge >= 0.3 is 48.6 Å². The second kappa shape index (κ2) is 78.5. The van der Waals surface area contributed by atoms with Gasteiger partial charge in [-0.25, -0.2) is 19.1 Å². The molecule has 0 unspecified atom stereocenters. The number of nitrogens with one attached hydrogen (secondary N) is 9. The van der Waals surface area contributed by atoms with Crippen LogP contribution in [0.3, 0.4) is 0 Å². The molecule has 0 spiro atoms. The van der Waals surface area contributed by atoms with Crippen LogP contribution in [0, 0.1) is 3.57 Å².